The van der Waals surface area contributed by atoms with Gasteiger partial charge in [0.2, 0.25) is 10.0 Å². The number of nitrogens with zero attached hydrogens (tertiary/aromatic N) is 2. The van der Waals surface area contributed by atoms with Gasteiger partial charge in [-0.3, -0.25) is 4.79 Å². The van der Waals surface area contributed by atoms with E-state index in [0.29, 0.717) is 41.8 Å². The normalized spacial score (nSPS) is 21.7. The molecule has 0 amide bonds. The Kier molecular flexibility index (Phi) is 5.29. The molecule has 0 aliphatic carbocycles. The first-order valence-electron chi connectivity index (χ1n) is 8.90. The second-order valence-electron chi connectivity index (χ2n) is 7.45. The summed E-state index contributed by atoms with van der Waals surface area (Å²) in [7, 11) is -3.48. The number of aromatic amines is 1. The minimum Gasteiger partial charge on any atom is -0.268 e. The van der Waals surface area contributed by atoms with Gasteiger partial charge in [0.25, 0.3) is 5.56 Å². The number of aryl methyl sites for hydroxylation is 1. The van der Waals surface area contributed by atoms with Crippen LogP contribution in [0.15, 0.2) is 40.0 Å². The Morgan fingerprint density at radius 2 is 1.77 bits per heavy atom. The lowest BCUT2D eigenvalue weighted by Crippen LogP contribution is -2.42. The number of sulfonamides is 1. The minimum atomic E-state index is -3.48. The second kappa shape index (κ2) is 7.32. The van der Waals surface area contributed by atoms with Gasteiger partial charge in [-0.15, -0.1) is 0 Å². The van der Waals surface area contributed by atoms with E-state index in [4.69, 9.17) is 0 Å². The zero-order chi connectivity index (χ0) is 18.9. The fourth-order valence-corrected chi connectivity index (χ4v) is 5.32. The first-order chi connectivity index (χ1) is 12.3. The predicted octanol–water partition coefficient (Wildman–Crippen LogP) is 2.34. The molecule has 1 aliphatic heterocycles. The summed E-state index contributed by atoms with van der Waals surface area (Å²) in [5, 5.41) is 6.34. The van der Waals surface area contributed by atoms with E-state index in [9.17, 15) is 13.2 Å². The van der Waals surface area contributed by atoms with Crippen LogP contribution < -0.4 is 5.56 Å². The summed E-state index contributed by atoms with van der Waals surface area (Å²) < 4.78 is 27.4. The molecule has 7 heteroatoms. The summed E-state index contributed by atoms with van der Waals surface area (Å²) in [5.41, 5.74) is 2.03. The molecule has 2 atom stereocenters. The second-order valence-corrected chi connectivity index (χ2v) is 9.39. The van der Waals surface area contributed by atoms with Crippen LogP contribution in [-0.4, -0.2) is 36.0 Å². The van der Waals surface area contributed by atoms with Crippen LogP contribution in [0.3, 0.4) is 0 Å². The van der Waals surface area contributed by atoms with E-state index in [1.54, 1.807) is 34.6 Å². The molecule has 0 unspecified atom stereocenters. The molecule has 0 spiro atoms. The number of piperidine rings is 1. The van der Waals surface area contributed by atoms with E-state index < -0.39 is 10.0 Å². The molecule has 1 aromatic heterocycles. The van der Waals surface area contributed by atoms with Crippen LogP contribution in [0, 0.1) is 18.8 Å². The van der Waals surface area contributed by atoms with Gasteiger partial charge >= 0.3 is 0 Å². The van der Waals surface area contributed by atoms with Crippen molar-refractivity contribution in [3.63, 3.8) is 0 Å². The predicted molar refractivity (Wildman–Crippen MR) is 101 cm³/mol. The van der Waals surface area contributed by atoms with Crippen molar-refractivity contribution in [3.8, 4) is 0 Å². The lowest BCUT2D eigenvalue weighted by atomic mass is 9.94. The fourth-order valence-electron chi connectivity index (χ4n) is 3.64. The standard InChI is InChI=1S/C19H25N3O3S/c1-13-8-14(2)12-22(11-13)26(24,25)18-6-4-16(5-7-18)10-17-9-15(3)20-21-19(17)23/h4-7,9,13-14H,8,10-12H2,1-3H3,(H,21,23)/t13-,14-/m0/s1. The van der Waals surface area contributed by atoms with Crippen molar-refractivity contribution < 1.29 is 8.42 Å². The first-order valence-corrected chi connectivity index (χ1v) is 10.3. The SMILES string of the molecule is Cc1cc(Cc2ccc(S(=O)(=O)N3C[C@@H](C)C[C@H](C)C3)cc2)c(=O)[nH]n1. The van der Waals surface area contributed by atoms with Gasteiger partial charge in [0.15, 0.2) is 0 Å². The number of nitrogens with one attached hydrogen (secondary N) is 1. The monoisotopic (exact) mass is 375 g/mol. The molecular formula is C19H25N3O3S. The Morgan fingerprint density at radius 1 is 1.15 bits per heavy atom. The Balaban J connectivity index is 1.80. The number of hydrogen-bond acceptors (Lipinski definition) is 4. The molecule has 26 heavy (non-hydrogen) atoms. The van der Waals surface area contributed by atoms with E-state index in [2.05, 4.69) is 24.0 Å². The van der Waals surface area contributed by atoms with E-state index in [1.807, 2.05) is 6.92 Å². The third kappa shape index (κ3) is 4.04. The van der Waals surface area contributed by atoms with Crippen LogP contribution in [0.1, 0.15) is 37.1 Å². The summed E-state index contributed by atoms with van der Waals surface area (Å²) in [5.74, 6) is 0.740. The highest BCUT2D eigenvalue weighted by Gasteiger charge is 2.31. The topological polar surface area (TPSA) is 83.1 Å². The van der Waals surface area contributed by atoms with Crippen LogP contribution in [0.25, 0.3) is 0 Å². The molecule has 1 aliphatic rings. The van der Waals surface area contributed by atoms with E-state index in [0.717, 1.165) is 17.7 Å². The molecule has 1 aromatic carbocycles. The maximum atomic E-state index is 12.9. The Hall–Kier alpha value is -1.99. The van der Waals surface area contributed by atoms with Crippen LogP contribution in [-0.2, 0) is 16.4 Å². The van der Waals surface area contributed by atoms with Crippen molar-refractivity contribution in [3.05, 3.63) is 57.5 Å². The molecule has 1 fully saturated rings. The third-order valence-corrected chi connectivity index (χ3v) is 6.65. The number of hydrogen-bond donors (Lipinski definition) is 1. The first kappa shape index (κ1) is 18.8. The van der Waals surface area contributed by atoms with Gasteiger partial charge in [0.05, 0.1) is 10.6 Å². The lowest BCUT2D eigenvalue weighted by Gasteiger charge is -2.34. The number of rotatable bonds is 4. The van der Waals surface area contributed by atoms with Gasteiger partial charge in [-0.25, -0.2) is 13.5 Å². The summed E-state index contributed by atoms with van der Waals surface area (Å²) in [4.78, 5) is 12.2. The van der Waals surface area contributed by atoms with Crippen molar-refractivity contribution in [1.29, 1.82) is 0 Å². The molecule has 0 saturated carbocycles. The largest absolute Gasteiger partial charge is 0.268 e. The van der Waals surface area contributed by atoms with Crippen molar-refractivity contribution in [2.24, 2.45) is 11.8 Å². The average Bonchev–Trinajstić information content (AvgIpc) is 2.58. The highest BCUT2D eigenvalue weighted by molar-refractivity contribution is 7.89. The van der Waals surface area contributed by atoms with E-state index in [-0.39, 0.29) is 5.56 Å². The molecule has 1 N–H and O–H groups in total. The number of benzene rings is 1. The Labute approximate surface area is 154 Å². The zero-order valence-corrected chi connectivity index (χ0v) is 16.2. The van der Waals surface area contributed by atoms with Crippen molar-refractivity contribution in [2.45, 2.75) is 38.5 Å². The van der Waals surface area contributed by atoms with Gasteiger partial charge < -0.3 is 0 Å². The molecule has 2 heterocycles. The average molecular weight is 375 g/mol. The summed E-state index contributed by atoms with van der Waals surface area (Å²) in [6, 6.07) is 8.57. The van der Waals surface area contributed by atoms with Crippen LogP contribution in [0.5, 0.6) is 0 Å². The summed E-state index contributed by atoms with van der Waals surface area (Å²) in [6.07, 6.45) is 1.50. The highest BCUT2D eigenvalue weighted by atomic mass is 32.2. The van der Waals surface area contributed by atoms with Crippen LogP contribution >= 0.6 is 0 Å². The molecule has 0 radical (unpaired) electrons. The van der Waals surface area contributed by atoms with Gasteiger partial charge in [-0.05, 0) is 48.9 Å². The fraction of sp³-hybridized carbons (Fsp3) is 0.474. The van der Waals surface area contributed by atoms with Gasteiger partial charge in [0.1, 0.15) is 0 Å². The van der Waals surface area contributed by atoms with Crippen molar-refractivity contribution in [2.75, 3.05) is 13.1 Å². The maximum absolute atomic E-state index is 12.9. The number of aromatic nitrogens is 2. The third-order valence-electron chi connectivity index (χ3n) is 4.80. The quantitative estimate of drug-likeness (QED) is 0.889. The molecule has 2 aromatic rings. The zero-order valence-electron chi connectivity index (χ0n) is 15.4. The molecule has 1 saturated heterocycles. The maximum Gasteiger partial charge on any atom is 0.267 e. The van der Waals surface area contributed by atoms with Gasteiger partial charge in [-0.1, -0.05) is 26.0 Å². The Bertz CT molecular complexity index is 925. The molecule has 0 bridgehead atoms. The lowest BCUT2D eigenvalue weighted by molar-refractivity contribution is 0.222. The molecule has 140 valence electrons. The van der Waals surface area contributed by atoms with Crippen LogP contribution in [0.4, 0.5) is 0 Å². The molecular weight excluding hydrogens is 350 g/mol. The van der Waals surface area contributed by atoms with Crippen molar-refractivity contribution >= 4 is 10.0 Å². The molecule has 6 nitrogen and oxygen atoms in total. The van der Waals surface area contributed by atoms with E-state index >= 15 is 0 Å². The van der Waals surface area contributed by atoms with Crippen molar-refractivity contribution in [1.82, 2.24) is 14.5 Å². The smallest absolute Gasteiger partial charge is 0.267 e. The van der Waals surface area contributed by atoms with Gasteiger partial charge in [-0.2, -0.15) is 9.40 Å². The summed E-state index contributed by atoms with van der Waals surface area (Å²) >= 11 is 0. The number of H-pyrrole nitrogens is 1. The van der Waals surface area contributed by atoms with Crippen LogP contribution in [0.2, 0.25) is 0 Å². The molecule has 3 rings (SSSR count). The summed E-state index contributed by atoms with van der Waals surface area (Å²) in [6.45, 7) is 7.14. The van der Waals surface area contributed by atoms with Gasteiger partial charge in [0, 0.05) is 25.1 Å². The Morgan fingerprint density at radius 3 is 2.38 bits per heavy atom. The minimum absolute atomic E-state index is 0.219. The highest BCUT2D eigenvalue weighted by Crippen LogP contribution is 2.26. The van der Waals surface area contributed by atoms with E-state index in [1.165, 1.54) is 0 Å².